The lowest BCUT2D eigenvalue weighted by Gasteiger charge is -2.15. The van der Waals surface area contributed by atoms with Crippen LogP contribution in [0, 0.1) is 15.9 Å². The fourth-order valence-corrected chi connectivity index (χ4v) is 2.23. The molecule has 0 saturated heterocycles. The zero-order valence-electron chi connectivity index (χ0n) is 11.3. The van der Waals surface area contributed by atoms with Crippen LogP contribution in [0.5, 0.6) is 0 Å². The van der Waals surface area contributed by atoms with Crippen LogP contribution in [0.15, 0.2) is 42.5 Å². The molecule has 0 bridgehead atoms. The Bertz CT molecular complexity index is 647. The van der Waals surface area contributed by atoms with Crippen molar-refractivity contribution in [2.75, 3.05) is 5.32 Å². The van der Waals surface area contributed by atoms with Gasteiger partial charge in [-0.1, -0.05) is 23.7 Å². The van der Waals surface area contributed by atoms with Crippen molar-refractivity contribution < 1.29 is 9.31 Å². The fourth-order valence-electron chi connectivity index (χ4n) is 2.07. The smallest absolute Gasteiger partial charge is 0.293 e. The number of nitro benzene ring substituents is 1. The Kier molecular flexibility index (Phi) is 4.75. The standard InChI is InChI=1S/C15H14ClFN2O2/c1-10(8-11-2-5-13(17)6-3-11)18-14-7-4-12(16)9-15(14)19(20)21/h2-7,9-10,18H,8H2,1H3. The van der Waals surface area contributed by atoms with Crippen molar-refractivity contribution in [3.05, 3.63) is 69.0 Å². The van der Waals surface area contributed by atoms with Gasteiger partial charge < -0.3 is 5.32 Å². The highest BCUT2D eigenvalue weighted by atomic mass is 35.5. The number of halogens is 2. The molecule has 6 heteroatoms. The van der Waals surface area contributed by atoms with Crippen molar-refractivity contribution >= 4 is 23.0 Å². The molecule has 21 heavy (non-hydrogen) atoms. The van der Waals surface area contributed by atoms with E-state index in [2.05, 4.69) is 5.32 Å². The lowest BCUT2D eigenvalue weighted by molar-refractivity contribution is -0.384. The maximum Gasteiger partial charge on any atom is 0.293 e. The van der Waals surface area contributed by atoms with Crippen LogP contribution in [-0.2, 0) is 6.42 Å². The first-order valence-corrected chi connectivity index (χ1v) is 6.78. The lowest BCUT2D eigenvalue weighted by Crippen LogP contribution is -2.18. The molecule has 0 radical (unpaired) electrons. The van der Waals surface area contributed by atoms with Crippen LogP contribution in [0.2, 0.25) is 5.02 Å². The van der Waals surface area contributed by atoms with E-state index in [1.807, 2.05) is 6.92 Å². The van der Waals surface area contributed by atoms with Crippen LogP contribution >= 0.6 is 11.6 Å². The Morgan fingerprint density at radius 1 is 1.29 bits per heavy atom. The van der Waals surface area contributed by atoms with E-state index in [4.69, 9.17) is 11.6 Å². The molecule has 0 saturated carbocycles. The molecule has 1 N–H and O–H groups in total. The minimum atomic E-state index is -0.473. The largest absolute Gasteiger partial charge is 0.377 e. The quantitative estimate of drug-likeness (QED) is 0.656. The van der Waals surface area contributed by atoms with Gasteiger partial charge in [-0.05, 0) is 43.2 Å². The summed E-state index contributed by atoms with van der Waals surface area (Å²) in [6.45, 7) is 1.90. The summed E-state index contributed by atoms with van der Waals surface area (Å²) in [7, 11) is 0. The summed E-state index contributed by atoms with van der Waals surface area (Å²) in [5.74, 6) is -0.285. The molecule has 1 atom stereocenters. The molecule has 0 aliphatic rings. The van der Waals surface area contributed by atoms with E-state index in [1.54, 1.807) is 24.3 Å². The van der Waals surface area contributed by atoms with Crippen LogP contribution in [0.1, 0.15) is 12.5 Å². The molecule has 0 heterocycles. The van der Waals surface area contributed by atoms with Crippen molar-refractivity contribution in [1.82, 2.24) is 0 Å². The molecular formula is C15H14ClFN2O2. The van der Waals surface area contributed by atoms with Gasteiger partial charge in [0.05, 0.1) is 4.92 Å². The molecule has 2 aromatic carbocycles. The number of hydrogen-bond donors (Lipinski definition) is 1. The summed E-state index contributed by atoms with van der Waals surface area (Å²) in [4.78, 5) is 10.5. The highest BCUT2D eigenvalue weighted by Crippen LogP contribution is 2.28. The number of anilines is 1. The third-order valence-electron chi connectivity index (χ3n) is 3.01. The number of nitrogens with zero attached hydrogens (tertiary/aromatic N) is 1. The van der Waals surface area contributed by atoms with Crippen molar-refractivity contribution in [3.8, 4) is 0 Å². The molecule has 0 spiro atoms. The van der Waals surface area contributed by atoms with Crippen molar-refractivity contribution in [2.24, 2.45) is 0 Å². The molecule has 1 unspecified atom stereocenters. The van der Waals surface area contributed by atoms with Crippen LogP contribution in [-0.4, -0.2) is 11.0 Å². The maximum atomic E-state index is 12.8. The summed E-state index contributed by atoms with van der Waals surface area (Å²) in [5.41, 5.74) is 1.31. The Balaban J connectivity index is 2.10. The molecule has 2 aromatic rings. The zero-order valence-corrected chi connectivity index (χ0v) is 12.1. The Hall–Kier alpha value is -2.14. The Morgan fingerprint density at radius 2 is 1.95 bits per heavy atom. The third kappa shape index (κ3) is 4.16. The monoisotopic (exact) mass is 308 g/mol. The zero-order chi connectivity index (χ0) is 15.4. The van der Waals surface area contributed by atoms with Gasteiger partial charge in [-0.3, -0.25) is 10.1 Å². The van der Waals surface area contributed by atoms with Gasteiger partial charge in [0.25, 0.3) is 5.69 Å². The fraction of sp³-hybridized carbons (Fsp3) is 0.200. The number of hydrogen-bond acceptors (Lipinski definition) is 3. The average molecular weight is 309 g/mol. The first kappa shape index (κ1) is 15.3. The third-order valence-corrected chi connectivity index (χ3v) is 3.25. The van der Waals surface area contributed by atoms with Gasteiger partial charge in [-0.2, -0.15) is 0 Å². The SMILES string of the molecule is CC(Cc1ccc(F)cc1)Nc1ccc(Cl)cc1[N+](=O)[O-]. The molecule has 4 nitrogen and oxygen atoms in total. The van der Waals surface area contributed by atoms with E-state index < -0.39 is 4.92 Å². The van der Waals surface area contributed by atoms with E-state index in [0.717, 1.165) is 5.56 Å². The van der Waals surface area contributed by atoms with Crippen LogP contribution in [0.25, 0.3) is 0 Å². The molecule has 2 rings (SSSR count). The molecule has 0 aromatic heterocycles. The summed E-state index contributed by atoms with van der Waals surface area (Å²) < 4.78 is 12.8. The number of nitro groups is 1. The van der Waals surface area contributed by atoms with Gasteiger partial charge in [0.15, 0.2) is 0 Å². The summed E-state index contributed by atoms with van der Waals surface area (Å²) in [6.07, 6.45) is 0.625. The molecular weight excluding hydrogens is 295 g/mol. The Labute approximate surface area is 126 Å². The molecule has 0 aliphatic carbocycles. The van der Waals surface area contributed by atoms with Gasteiger partial charge in [0.2, 0.25) is 0 Å². The Morgan fingerprint density at radius 3 is 2.57 bits per heavy atom. The van der Waals surface area contributed by atoms with Crippen molar-refractivity contribution in [3.63, 3.8) is 0 Å². The van der Waals surface area contributed by atoms with Gasteiger partial charge in [0.1, 0.15) is 11.5 Å². The lowest BCUT2D eigenvalue weighted by atomic mass is 10.1. The van der Waals surface area contributed by atoms with Crippen molar-refractivity contribution in [2.45, 2.75) is 19.4 Å². The van der Waals surface area contributed by atoms with Gasteiger partial charge in [-0.25, -0.2) is 4.39 Å². The summed E-state index contributed by atoms with van der Waals surface area (Å²) in [6, 6.07) is 10.6. The van der Waals surface area contributed by atoms with E-state index in [0.29, 0.717) is 17.1 Å². The average Bonchev–Trinajstić information content (AvgIpc) is 2.43. The maximum absolute atomic E-state index is 12.8. The molecule has 0 fully saturated rings. The number of rotatable bonds is 5. The van der Waals surface area contributed by atoms with Crippen LogP contribution < -0.4 is 5.32 Å². The van der Waals surface area contributed by atoms with E-state index in [9.17, 15) is 14.5 Å². The molecule has 110 valence electrons. The van der Waals surface area contributed by atoms with Crippen molar-refractivity contribution in [1.29, 1.82) is 0 Å². The van der Waals surface area contributed by atoms with E-state index in [-0.39, 0.29) is 17.5 Å². The minimum absolute atomic E-state index is 0.0460. The number of benzene rings is 2. The van der Waals surface area contributed by atoms with Gasteiger partial charge >= 0.3 is 0 Å². The highest BCUT2D eigenvalue weighted by molar-refractivity contribution is 6.30. The normalized spacial score (nSPS) is 12.0. The first-order valence-electron chi connectivity index (χ1n) is 6.40. The van der Waals surface area contributed by atoms with Crippen LogP contribution in [0.3, 0.4) is 0 Å². The molecule has 0 aliphatic heterocycles. The second-order valence-corrected chi connectivity index (χ2v) is 5.23. The van der Waals surface area contributed by atoms with Gasteiger partial charge in [-0.15, -0.1) is 0 Å². The first-order chi connectivity index (χ1) is 9.95. The molecule has 0 amide bonds. The van der Waals surface area contributed by atoms with Gasteiger partial charge in [0, 0.05) is 17.1 Å². The summed E-state index contributed by atoms with van der Waals surface area (Å²) >= 11 is 5.77. The van der Waals surface area contributed by atoms with E-state index in [1.165, 1.54) is 18.2 Å². The second-order valence-electron chi connectivity index (χ2n) is 4.79. The minimum Gasteiger partial charge on any atom is -0.377 e. The number of nitrogens with one attached hydrogen (secondary N) is 1. The predicted molar refractivity (Wildman–Crippen MR) is 81.3 cm³/mol. The van der Waals surface area contributed by atoms with E-state index >= 15 is 0 Å². The summed E-state index contributed by atoms with van der Waals surface area (Å²) in [5, 5.41) is 14.4. The predicted octanol–water partition coefficient (Wildman–Crippen LogP) is 4.43. The van der Waals surface area contributed by atoms with Crippen LogP contribution in [0.4, 0.5) is 15.8 Å². The highest BCUT2D eigenvalue weighted by Gasteiger charge is 2.16. The second kappa shape index (κ2) is 6.54. The topological polar surface area (TPSA) is 55.2 Å².